The molecule has 1 saturated heterocycles. The molecule has 3 N–H and O–H groups in total. The molecule has 0 unspecified atom stereocenters. The zero-order valence-electron chi connectivity index (χ0n) is 14.5. The summed E-state index contributed by atoms with van der Waals surface area (Å²) in [5, 5.41) is 7.33. The molecule has 1 saturated carbocycles. The summed E-state index contributed by atoms with van der Waals surface area (Å²) in [6.45, 7) is 1.56. The molecule has 1 aromatic rings. The molecule has 6 amide bonds. The monoisotopic (exact) mass is 362 g/mol. The molecular weight excluding hydrogens is 340 g/mol. The Balaban J connectivity index is 1.54. The van der Waals surface area contributed by atoms with E-state index >= 15 is 0 Å². The van der Waals surface area contributed by atoms with Gasteiger partial charge in [-0.25, -0.2) is 9.59 Å². The standard InChI is InChI=1S/C17H22N4O5/c1-11-5-2-3-7-17(11)14(23)21(16(25)20-17)10-13(22)19-15(24)18-9-12-6-4-8-26-12/h4,6,8,11H,2-3,5,7,9-10H2,1H3,(H,20,25)(H2,18,19,22,24)/t11-,17-/m0/s1. The second-order valence-electron chi connectivity index (χ2n) is 6.75. The summed E-state index contributed by atoms with van der Waals surface area (Å²) in [4.78, 5) is 49.6. The topological polar surface area (TPSA) is 121 Å². The van der Waals surface area contributed by atoms with Crippen LogP contribution in [-0.2, 0) is 16.1 Å². The van der Waals surface area contributed by atoms with E-state index < -0.39 is 30.1 Å². The van der Waals surface area contributed by atoms with Crippen LogP contribution in [0.3, 0.4) is 0 Å². The predicted octanol–water partition coefficient (Wildman–Crippen LogP) is 1.11. The van der Waals surface area contributed by atoms with Gasteiger partial charge in [0.15, 0.2) is 0 Å². The van der Waals surface area contributed by atoms with Crippen molar-refractivity contribution in [2.24, 2.45) is 5.92 Å². The van der Waals surface area contributed by atoms with Gasteiger partial charge in [-0.1, -0.05) is 19.8 Å². The maximum absolute atomic E-state index is 12.8. The van der Waals surface area contributed by atoms with Gasteiger partial charge >= 0.3 is 12.1 Å². The number of hydrogen-bond donors (Lipinski definition) is 3. The number of carbonyl (C=O) groups excluding carboxylic acids is 4. The summed E-state index contributed by atoms with van der Waals surface area (Å²) in [5.74, 6) is -0.570. The fourth-order valence-corrected chi connectivity index (χ4v) is 3.57. The lowest BCUT2D eigenvalue weighted by molar-refractivity contribution is -0.137. The van der Waals surface area contributed by atoms with Gasteiger partial charge in [0.1, 0.15) is 17.8 Å². The molecule has 2 atom stereocenters. The molecule has 1 spiro atoms. The van der Waals surface area contributed by atoms with Gasteiger partial charge in [-0.05, 0) is 30.9 Å². The molecule has 26 heavy (non-hydrogen) atoms. The first-order valence-electron chi connectivity index (χ1n) is 8.66. The molecule has 3 rings (SSSR count). The number of urea groups is 2. The summed E-state index contributed by atoms with van der Waals surface area (Å²) >= 11 is 0. The summed E-state index contributed by atoms with van der Waals surface area (Å²) < 4.78 is 5.07. The van der Waals surface area contributed by atoms with Crippen LogP contribution in [0.25, 0.3) is 0 Å². The van der Waals surface area contributed by atoms with Gasteiger partial charge in [-0.3, -0.25) is 19.8 Å². The molecule has 1 aliphatic carbocycles. The number of hydrogen-bond acceptors (Lipinski definition) is 5. The Labute approximate surface area is 150 Å². The number of nitrogens with zero attached hydrogens (tertiary/aromatic N) is 1. The van der Waals surface area contributed by atoms with E-state index in [0.717, 1.165) is 24.2 Å². The van der Waals surface area contributed by atoms with Crippen LogP contribution >= 0.6 is 0 Å². The lowest BCUT2D eigenvalue weighted by atomic mass is 9.73. The molecule has 0 aromatic carbocycles. The van der Waals surface area contributed by atoms with Crippen molar-refractivity contribution in [2.75, 3.05) is 6.54 Å². The molecule has 2 fully saturated rings. The number of furan rings is 1. The van der Waals surface area contributed by atoms with E-state index in [2.05, 4.69) is 16.0 Å². The second-order valence-corrected chi connectivity index (χ2v) is 6.75. The minimum atomic E-state index is -0.919. The third-order valence-electron chi connectivity index (χ3n) is 5.06. The Hall–Kier alpha value is -2.84. The molecule has 140 valence electrons. The Morgan fingerprint density at radius 3 is 2.88 bits per heavy atom. The predicted molar refractivity (Wildman–Crippen MR) is 89.7 cm³/mol. The van der Waals surface area contributed by atoms with Gasteiger partial charge in [0.05, 0.1) is 12.8 Å². The van der Waals surface area contributed by atoms with Crippen LogP contribution in [0.5, 0.6) is 0 Å². The molecule has 0 radical (unpaired) electrons. The normalized spacial score (nSPS) is 25.3. The van der Waals surface area contributed by atoms with Gasteiger partial charge < -0.3 is 15.1 Å². The number of carbonyl (C=O) groups is 4. The molecule has 1 aliphatic heterocycles. The first-order chi connectivity index (χ1) is 12.4. The lowest BCUT2D eigenvalue weighted by Gasteiger charge is -2.36. The van der Waals surface area contributed by atoms with Crippen molar-refractivity contribution in [1.82, 2.24) is 20.9 Å². The zero-order valence-corrected chi connectivity index (χ0v) is 14.5. The second kappa shape index (κ2) is 7.19. The Morgan fingerprint density at radius 2 is 2.19 bits per heavy atom. The van der Waals surface area contributed by atoms with E-state index in [0.29, 0.717) is 12.2 Å². The van der Waals surface area contributed by atoms with Crippen LogP contribution in [0.1, 0.15) is 38.4 Å². The molecule has 1 aromatic heterocycles. The third-order valence-corrected chi connectivity index (χ3v) is 5.06. The van der Waals surface area contributed by atoms with E-state index in [1.54, 1.807) is 12.1 Å². The smallest absolute Gasteiger partial charge is 0.325 e. The summed E-state index contributed by atoms with van der Waals surface area (Å²) in [6.07, 6.45) is 4.76. The minimum absolute atomic E-state index is 0.0114. The number of amides is 6. The fourth-order valence-electron chi connectivity index (χ4n) is 3.57. The minimum Gasteiger partial charge on any atom is -0.467 e. The lowest BCUT2D eigenvalue weighted by Crippen LogP contribution is -2.54. The highest BCUT2D eigenvalue weighted by atomic mass is 16.3. The van der Waals surface area contributed by atoms with Crippen molar-refractivity contribution in [3.63, 3.8) is 0 Å². The van der Waals surface area contributed by atoms with Crippen molar-refractivity contribution < 1.29 is 23.6 Å². The van der Waals surface area contributed by atoms with Crippen LogP contribution in [-0.4, -0.2) is 40.9 Å². The fraction of sp³-hybridized carbons (Fsp3) is 0.529. The van der Waals surface area contributed by atoms with Crippen LogP contribution in [0, 0.1) is 5.92 Å². The molecule has 2 aliphatic rings. The van der Waals surface area contributed by atoms with Gasteiger partial charge in [-0.2, -0.15) is 0 Å². The summed E-state index contributed by atoms with van der Waals surface area (Å²) in [6, 6.07) is 2.05. The number of rotatable bonds is 4. The van der Waals surface area contributed by atoms with Gasteiger partial charge in [-0.15, -0.1) is 0 Å². The molecular formula is C17H22N4O5. The maximum Gasteiger partial charge on any atom is 0.325 e. The van der Waals surface area contributed by atoms with E-state index in [1.807, 2.05) is 6.92 Å². The zero-order chi connectivity index (χ0) is 18.7. The first-order valence-corrected chi connectivity index (χ1v) is 8.66. The quantitative estimate of drug-likeness (QED) is 0.693. The Bertz CT molecular complexity index is 717. The van der Waals surface area contributed by atoms with Crippen molar-refractivity contribution in [3.05, 3.63) is 24.2 Å². The average Bonchev–Trinajstić information content (AvgIpc) is 3.19. The van der Waals surface area contributed by atoms with Crippen LogP contribution < -0.4 is 16.0 Å². The van der Waals surface area contributed by atoms with Crippen LogP contribution in [0.4, 0.5) is 9.59 Å². The van der Waals surface area contributed by atoms with Gasteiger partial charge in [0.25, 0.3) is 5.91 Å². The molecule has 9 nitrogen and oxygen atoms in total. The Kier molecular flexibility index (Phi) is 4.97. The number of imide groups is 2. The third kappa shape index (κ3) is 3.42. The van der Waals surface area contributed by atoms with Crippen molar-refractivity contribution >= 4 is 23.9 Å². The van der Waals surface area contributed by atoms with E-state index in [-0.39, 0.29) is 18.4 Å². The highest BCUT2D eigenvalue weighted by Crippen LogP contribution is 2.38. The molecule has 2 heterocycles. The molecule has 0 bridgehead atoms. The van der Waals surface area contributed by atoms with Crippen LogP contribution in [0.15, 0.2) is 22.8 Å². The average molecular weight is 362 g/mol. The van der Waals surface area contributed by atoms with Crippen LogP contribution in [0.2, 0.25) is 0 Å². The van der Waals surface area contributed by atoms with Crippen molar-refractivity contribution in [3.8, 4) is 0 Å². The highest BCUT2D eigenvalue weighted by molar-refractivity contribution is 6.10. The van der Waals surface area contributed by atoms with E-state index in [1.165, 1.54) is 6.26 Å². The maximum atomic E-state index is 12.8. The van der Waals surface area contributed by atoms with Crippen molar-refractivity contribution in [1.29, 1.82) is 0 Å². The van der Waals surface area contributed by atoms with E-state index in [9.17, 15) is 19.2 Å². The van der Waals surface area contributed by atoms with Gasteiger partial charge in [0.2, 0.25) is 5.91 Å². The Morgan fingerprint density at radius 1 is 1.38 bits per heavy atom. The summed E-state index contributed by atoms with van der Waals surface area (Å²) in [5.41, 5.74) is -0.919. The largest absolute Gasteiger partial charge is 0.467 e. The van der Waals surface area contributed by atoms with E-state index in [4.69, 9.17) is 4.42 Å². The SMILES string of the molecule is C[C@H]1CCCC[C@]12NC(=O)N(CC(=O)NC(=O)NCc1ccco1)C2=O. The van der Waals surface area contributed by atoms with Gasteiger partial charge in [0, 0.05) is 0 Å². The number of nitrogens with one attached hydrogen (secondary N) is 3. The van der Waals surface area contributed by atoms with Crippen molar-refractivity contribution in [2.45, 2.75) is 44.7 Å². The molecule has 9 heteroatoms. The first kappa shape index (κ1) is 18.0. The summed E-state index contributed by atoms with van der Waals surface area (Å²) in [7, 11) is 0. The highest BCUT2D eigenvalue weighted by Gasteiger charge is 2.55.